The molecule has 0 saturated heterocycles. The van der Waals surface area contributed by atoms with E-state index in [1.807, 2.05) is 78.9 Å². The second-order valence-corrected chi connectivity index (χ2v) is 7.40. The number of furan rings is 1. The lowest BCUT2D eigenvalue weighted by Gasteiger charge is -2.20. The number of hydrogen-bond donors (Lipinski definition) is 0. The van der Waals surface area contributed by atoms with Crippen molar-refractivity contribution in [3.05, 3.63) is 107 Å². The summed E-state index contributed by atoms with van der Waals surface area (Å²) >= 11 is 6.02. The van der Waals surface area contributed by atoms with Crippen LogP contribution in [0.15, 0.2) is 94.6 Å². The van der Waals surface area contributed by atoms with Gasteiger partial charge in [0, 0.05) is 17.0 Å². The zero-order valence-electron chi connectivity index (χ0n) is 15.5. The van der Waals surface area contributed by atoms with Gasteiger partial charge in [0.2, 0.25) is 0 Å². The predicted octanol–water partition coefficient (Wildman–Crippen LogP) is 6.08. The van der Waals surface area contributed by atoms with Crippen LogP contribution in [-0.4, -0.2) is 16.6 Å². The van der Waals surface area contributed by atoms with Crippen LogP contribution >= 0.6 is 11.6 Å². The maximum Gasteiger partial charge on any atom is 0.275 e. The summed E-state index contributed by atoms with van der Waals surface area (Å²) in [6, 6.07) is 24.6. The zero-order chi connectivity index (χ0) is 19.8. The van der Waals surface area contributed by atoms with Crippen molar-refractivity contribution in [2.45, 2.75) is 12.5 Å². The van der Waals surface area contributed by atoms with Crippen molar-refractivity contribution < 1.29 is 9.21 Å². The molecule has 0 fully saturated rings. The molecule has 4 nitrogen and oxygen atoms in total. The molecular formula is C24H17ClN2O2. The molecule has 1 aromatic heterocycles. The fourth-order valence-electron chi connectivity index (χ4n) is 3.75. The standard InChI is InChI=1S/C24H17ClN2O2/c25-18-12-10-17(11-13-18)21-15-22(23-9-4-14-29-23)27(26-21)24(28)20-8-3-6-16-5-1-2-7-19(16)20/h1-14,22H,15H2/t22-/m1/s1. The van der Waals surface area contributed by atoms with E-state index in [4.69, 9.17) is 21.1 Å². The lowest BCUT2D eigenvalue weighted by molar-refractivity contribution is 0.0695. The van der Waals surface area contributed by atoms with Crippen molar-refractivity contribution in [1.82, 2.24) is 5.01 Å². The van der Waals surface area contributed by atoms with Gasteiger partial charge >= 0.3 is 0 Å². The molecule has 0 unspecified atom stereocenters. The molecule has 4 aromatic rings. The average Bonchev–Trinajstić information content (AvgIpc) is 3.43. The molecule has 0 N–H and O–H groups in total. The highest BCUT2D eigenvalue weighted by Crippen LogP contribution is 2.35. The lowest BCUT2D eigenvalue weighted by atomic mass is 10.0. The maximum atomic E-state index is 13.6. The zero-order valence-corrected chi connectivity index (χ0v) is 16.2. The highest BCUT2D eigenvalue weighted by atomic mass is 35.5. The third kappa shape index (κ3) is 3.22. The molecule has 1 atom stereocenters. The van der Waals surface area contributed by atoms with Crippen LogP contribution in [0, 0.1) is 0 Å². The van der Waals surface area contributed by atoms with Crippen molar-refractivity contribution >= 4 is 34.0 Å². The Morgan fingerprint density at radius 3 is 2.55 bits per heavy atom. The molecule has 0 saturated carbocycles. The monoisotopic (exact) mass is 400 g/mol. The molecule has 5 rings (SSSR count). The smallest absolute Gasteiger partial charge is 0.275 e. The van der Waals surface area contributed by atoms with Crippen LogP contribution in [0.5, 0.6) is 0 Å². The summed E-state index contributed by atoms with van der Waals surface area (Å²) < 4.78 is 5.64. The number of nitrogens with zero attached hydrogens (tertiary/aromatic N) is 2. The first-order valence-corrected chi connectivity index (χ1v) is 9.76. The summed E-state index contributed by atoms with van der Waals surface area (Å²) in [5.74, 6) is 0.568. The van der Waals surface area contributed by atoms with E-state index >= 15 is 0 Å². The molecule has 1 aliphatic rings. The molecule has 5 heteroatoms. The SMILES string of the molecule is O=C(c1cccc2ccccc12)N1N=C(c2ccc(Cl)cc2)C[C@@H]1c1ccco1. The highest BCUT2D eigenvalue weighted by Gasteiger charge is 2.35. The summed E-state index contributed by atoms with van der Waals surface area (Å²) in [4.78, 5) is 13.6. The third-order valence-corrected chi connectivity index (χ3v) is 5.44. The summed E-state index contributed by atoms with van der Waals surface area (Å²) in [6.45, 7) is 0. The van der Waals surface area contributed by atoms with Gasteiger partial charge in [-0.3, -0.25) is 4.79 Å². The van der Waals surface area contributed by atoms with E-state index in [0.717, 1.165) is 22.0 Å². The van der Waals surface area contributed by atoms with Crippen molar-refractivity contribution in [3.63, 3.8) is 0 Å². The minimum absolute atomic E-state index is 0.146. The molecule has 1 aliphatic heterocycles. The molecule has 142 valence electrons. The van der Waals surface area contributed by atoms with Gasteiger partial charge in [-0.25, -0.2) is 5.01 Å². The van der Waals surface area contributed by atoms with Gasteiger partial charge in [0.1, 0.15) is 11.8 Å². The summed E-state index contributed by atoms with van der Waals surface area (Å²) in [5, 5.41) is 8.85. The van der Waals surface area contributed by atoms with Crippen molar-refractivity contribution in [3.8, 4) is 0 Å². The Hall–Kier alpha value is -3.37. The van der Waals surface area contributed by atoms with E-state index in [1.54, 1.807) is 11.3 Å². The second kappa shape index (κ2) is 7.22. The van der Waals surface area contributed by atoms with Gasteiger partial charge in [0.15, 0.2) is 0 Å². The van der Waals surface area contributed by atoms with Gasteiger partial charge in [-0.1, -0.05) is 60.1 Å². The molecule has 2 heterocycles. The Morgan fingerprint density at radius 2 is 1.76 bits per heavy atom. The normalized spacial score (nSPS) is 16.2. The molecule has 3 aromatic carbocycles. The Labute approximate surface area is 173 Å². The van der Waals surface area contributed by atoms with Crippen LogP contribution < -0.4 is 0 Å². The average molecular weight is 401 g/mol. The van der Waals surface area contributed by atoms with Crippen molar-refractivity contribution in [2.24, 2.45) is 5.10 Å². The van der Waals surface area contributed by atoms with Crippen LogP contribution in [0.25, 0.3) is 10.8 Å². The number of fused-ring (bicyclic) bond motifs is 1. The van der Waals surface area contributed by atoms with Crippen molar-refractivity contribution in [1.29, 1.82) is 0 Å². The van der Waals surface area contributed by atoms with Gasteiger partial charge in [-0.15, -0.1) is 0 Å². The topological polar surface area (TPSA) is 45.8 Å². The van der Waals surface area contributed by atoms with Crippen LogP contribution in [0.3, 0.4) is 0 Å². The summed E-state index contributed by atoms with van der Waals surface area (Å²) in [7, 11) is 0. The Morgan fingerprint density at radius 1 is 0.966 bits per heavy atom. The van der Waals surface area contributed by atoms with Crippen LogP contribution in [-0.2, 0) is 0 Å². The van der Waals surface area contributed by atoms with Gasteiger partial charge in [0.05, 0.1) is 12.0 Å². The predicted molar refractivity (Wildman–Crippen MR) is 114 cm³/mol. The number of carbonyl (C=O) groups is 1. The Kier molecular flexibility index (Phi) is 4.41. The quantitative estimate of drug-likeness (QED) is 0.418. The van der Waals surface area contributed by atoms with E-state index in [9.17, 15) is 4.79 Å². The lowest BCUT2D eigenvalue weighted by Crippen LogP contribution is -2.27. The molecule has 0 bridgehead atoms. The Bertz CT molecular complexity index is 1210. The number of hydrazone groups is 1. The van der Waals surface area contributed by atoms with Gasteiger partial charge in [-0.2, -0.15) is 5.10 Å². The largest absolute Gasteiger partial charge is 0.467 e. The highest BCUT2D eigenvalue weighted by molar-refractivity contribution is 6.30. The Balaban J connectivity index is 1.59. The third-order valence-electron chi connectivity index (χ3n) is 5.19. The number of hydrogen-bond acceptors (Lipinski definition) is 3. The fraction of sp³-hybridized carbons (Fsp3) is 0.0833. The van der Waals surface area contributed by atoms with E-state index in [1.165, 1.54) is 0 Å². The molecular weight excluding hydrogens is 384 g/mol. The van der Waals surface area contributed by atoms with E-state index < -0.39 is 0 Å². The molecule has 0 aliphatic carbocycles. The van der Waals surface area contributed by atoms with Crippen LogP contribution in [0.4, 0.5) is 0 Å². The molecule has 0 spiro atoms. The summed E-state index contributed by atoms with van der Waals surface area (Å²) in [5.41, 5.74) is 2.40. The number of benzene rings is 3. The number of amides is 1. The number of rotatable bonds is 3. The fourth-order valence-corrected chi connectivity index (χ4v) is 3.88. The number of carbonyl (C=O) groups excluding carboxylic acids is 1. The van der Waals surface area contributed by atoms with Crippen LogP contribution in [0.1, 0.15) is 34.1 Å². The first-order valence-electron chi connectivity index (χ1n) is 9.39. The maximum absolute atomic E-state index is 13.6. The van der Waals surface area contributed by atoms with E-state index in [2.05, 4.69) is 0 Å². The van der Waals surface area contributed by atoms with Crippen LogP contribution in [0.2, 0.25) is 5.02 Å². The van der Waals surface area contributed by atoms with E-state index in [-0.39, 0.29) is 11.9 Å². The van der Waals surface area contributed by atoms with Crippen molar-refractivity contribution in [2.75, 3.05) is 0 Å². The summed E-state index contributed by atoms with van der Waals surface area (Å²) in [6.07, 6.45) is 2.20. The first-order chi connectivity index (χ1) is 14.2. The minimum atomic E-state index is -0.290. The molecule has 1 amide bonds. The first kappa shape index (κ1) is 17.7. The van der Waals surface area contributed by atoms with Gasteiger partial charge in [-0.05, 0) is 46.7 Å². The molecule has 0 radical (unpaired) electrons. The second-order valence-electron chi connectivity index (χ2n) is 6.97. The van der Waals surface area contributed by atoms with Gasteiger partial charge in [0.25, 0.3) is 5.91 Å². The number of halogens is 1. The van der Waals surface area contributed by atoms with E-state index in [0.29, 0.717) is 22.8 Å². The minimum Gasteiger partial charge on any atom is -0.467 e. The van der Waals surface area contributed by atoms with Gasteiger partial charge < -0.3 is 4.42 Å². The molecule has 29 heavy (non-hydrogen) atoms.